The molecule has 0 spiro atoms. The van der Waals surface area contributed by atoms with Crippen molar-refractivity contribution in [3.8, 4) is 5.75 Å². The van der Waals surface area contributed by atoms with Crippen molar-refractivity contribution in [2.75, 3.05) is 14.1 Å². The lowest BCUT2D eigenvalue weighted by Gasteiger charge is -2.13. The van der Waals surface area contributed by atoms with Crippen molar-refractivity contribution >= 4 is 27.3 Å². The number of sulfonamides is 1. The topological polar surface area (TPSA) is 89.8 Å². The summed E-state index contributed by atoms with van der Waals surface area (Å²) in [5, 5.41) is 10.8. The molecule has 0 saturated carbocycles. The van der Waals surface area contributed by atoms with Gasteiger partial charge in [0.1, 0.15) is 12.4 Å². The summed E-state index contributed by atoms with van der Waals surface area (Å²) in [6.45, 7) is 0.0777. The summed E-state index contributed by atoms with van der Waals surface area (Å²) < 4.78 is 30.9. The third kappa shape index (κ3) is 4.02. The first-order valence-electron chi connectivity index (χ1n) is 6.80. The molecule has 0 radical (unpaired) electrons. The maximum atomic E-state index is 12.1. The normalized spacial score (nSPS) is 11.5. The third-order valence-corrected chi connectivity index (χ3v) is 5.30. The van der Waals surface area contributed by atoms with E-state index in [1.807, 2.05) is 0 Å². The van der Waals surface area contributed by atoms with Crippen molar-refractivity contribution < 1.29 is 18.1 Å². The predicted molar refractivity (Wildman–Crippen MR) is 89.8 cm³/mol. The van der Waals surface area contributed by atoms with Crippen LogP contribution in [-0.2, 0) is 16.6 Å². The molecule has 2 aromatic carbocycles. The van der Waals surface area contributed by atoms with Gasteiger partial charge in [-0.3, -0.25) is 10.1 Å². The number of non-ortho nitro benzene ring substituents is 1. The number of nitro groups is 1. The van der Waals surface area contributed by atoms with Crippen molar-refractivity contribution in [2.24, 2.45) is 0 Å². The van der Waals surface area contributed by atoms with E-state index >= 15 is 0 Å². The molecule has 0 saturated heterocycles. The number of benzene rings is 2. The first kappa shape index (κ1) is 18.2. The van der Waals surface area contributed by atoms with Crippen LogP contribution < -0.4 is 4.74 Å². The van der Waals surface area contributed by atoms with Crippen LogP contribution in [0.3, 0.4) is 0 Å². The minimum absolute atomic E-state index is 0.0777. The predicted octanol–water partition coefficient (Wildman–Crippen LogP) is 3.08. The van der Waals surface area contributed by atoms with Gasteiger partial charge in [0.25, 0.3) is 5.69 Å². The van der Waals surface area contributed by atoms with Gasteiger partial charge in [0, 0.05) is 26.2 Å². The SMILES string of the molecule is CN(C)S(=O)(=O)c1cccc(COc2ccc([N+](=O)[O-])cc2Cl)c1. The van der Waals surface area contributed by atoms with Gasteiger partial charge in [0.05, 0.1) is 14.8 Å². The average Bonchev–Trinajstić information content (AvgIpc) is 2.53. The highest BCUT2D eigenvalue weighted by Gasteiger charge is 2.17. The van der Waals surface area contributed by atoms with Crippen LogP contribution in [0.15, 0.2) is 47.4 Å². The number of nitrogens with zero attached hydrogens (tertiary/aromatic N) is 2. The van der Waals surface area contributed by atoms with Gasteiger partial charge in [-0.15, -0.1) is 0 Å². The zero-order valence-electron chi connectivity index (χ0n) is 13.0. The number of nitro benzene ring substituents is 1. The van der Waals surface area contributed by atoms with Gasteiger partial charge in [-0.05, 0) is 23.8 Å². The Hall–Kier alpha value is -2.16. The summed E-state index contributed by atoms with van der Waals surface area (Å²) in [6.07, 6.45) is 0. The average molecular weight is 371 g/mol. The van der Waals surface area contributed by atoms with Crippen molar-refractivity contribution in [1.29, 1.82) is 0 Å². The van der Waals surface area contributed by atoms with Crippen LogP contribution in [0, 0.1) is 10.1 Å². The third-order valence-electron chi connectivity index (χ3n) is 3.20. The van der Waals surface area contributed by atoms with Gasteiger partial charge in [-0.2, -0.15) is 0 Å². The molecule has 2 aromatic rings. The van der Waals surface area contributed by atoms with Gasteiger partial charge in [-0.25, -0.2) is 12.7 Å². The number of hydrogen-bond donors (Lipinski definition) is 0. The second-order valence-corrected chi connectivity index (χ2v) is 7.65. The minimum atomic E-state index is -3.53. The van der Waals surface area contributed by atoms with Crippen LogP contribution in [0.25, 0.3) is 0 Å². The van der Waals surface area contributed by atoms with Crippen molar-refractivity contribution in [1.82, 2.24) is 4.31 Å². The molecule has 0 aliphatic carbocycles. The van der Waals surface area contributed by atoms with E-state index in [0.29, 0.717) is 5.56 Å². The van der Waals surface area contributed by atoms with E-state index in [1.54, 1.807) is 12.1 Å². The maximum Gasteiger partial charge on any atom is 0.271 e. The molecule has 7 nitrogen and oxygen atoms in total. The minimum Gasteiger partial charge on any atom is -0.487 e. The van der Waals surface area contributed by atoms with Gasteiger partial charge in [0.15, 0.2) is 0 Å². The number of ether oxygens (including phenoxy) is 1. The van der Waals surface area contributed by atoms with Crippen LogP contribution in [0.2, 0.25) is 5.02 Å². The van der Waals surface area contributed by atoms with Gasteiger partial charge in [-0.1, -0.05) is 23.7 Å². The Morgan fingerprint density at radius 1 is 1.21 bits per heavy atom. The van der Waals surface area contributed by atoms with Crippen molar-refractivity contribution in [2.45, 2.75) is 11.5 Å². The van der Waals surface area contributed by atoms with Crippen LogP contribution in [0.4, 0.5) is 5.69 Å². The molecule has 0 heterocycles. The molecule has 2 rings (SSSR count). The van der Waals surface area contributed by atoms with Crippen LogP contribution in [0.5, 0.6) is 5.75 Å². The molecule has 0 aliphatic rings. The molecular formula is C15H15ClN2O5S. The largest absolute Gasteiger partial charge is 0.487 e. The van der Waals surface area contributed by atoms with E-state index in [4.69, 9.17) is 16.3 Å². The maximum absolute atomic E-state index is 12.1. The van der Waals surface area contributed by atoms with Gasteiger partial charge >= 0.3 is 0 Å². The molecule has 0 atom stereocenters. The highest BCUT2D eigenvalue weighted by molar-refractivity contribution is 7.89. The lowest BCUT2D eigenvalue weighted by Crippen LogP contribution is -2.22. The quantitative estimate of drug-likeness (QED) is 0.575. The zero-order valence-corrected chi connectivity index (χ0v) is 14.5. The molecule has 0 N–H and O–H groups in total. The summed E-state index contributed by atoms with van der Waals surface area (Å²) in [7, 11) is -0.622. The Bertz CT molecular complexity index is 868. The molecular weight excluding hydrogens is 356 g/mol. The Morgan fingerprint density at radius 3 is 2.50 bits per heavy atom. The van der Waals surface area contributed by atoms with E-state index < -0.39 is 14.9 Å². The Kier molecular flexibility index (Phi) is 5.43. The van der Waals surface area contributed by atoms with E-state index in [-0.39, 0.29) is 28.0 Å². The Labute approximate surface area is 144 Å². The fraction of sp³-hybridized carbons (Fsp3) is 0.200. The van der Waals surface area contributed by atoms with Crippen LogP contribution in [0.1, 0.15) is 5.56 Å². The van der Waals surface area contributed by atoms with Crippen molar-refractivity contribution in [3.63, 3.8) is 0 Å². The Balaban J connectivity index is 2.17. The summed E-state index contributed by atoms with van der Waals surface area (Å²) >= 11 is 5.95. The summed E-state index contributed by atoms with van der Waals surface area (Å²) in [4.78, 5) is 10.3. The number of halogens is 1. The summed E-state index contributed by atoms with van der Waals surface area (Å²) in [5.74, 6) is 0.281. The highest BCUT2D eigenvalue weighted by Crippen LogP contribution is 2.29. The van der Waals surface area contributed by atoms with E-state index in [9.17, 15) is 18.5 Å². The number of rotatable bonds is 6. The number of hydrogen-bond acceptors (Lipinski definition) is 5. The molecule has 0 amide bonds. The van der Waals surface area contributed by atoms with Crippen molar-refractivity contribution in [3.05, 3.63) is 63.2 Å². The monoisotopic (exact) mass is 370 g/mol. The molecule has 0 fully saturated rings. The van der Waals surface area contributed by atoms with Gasteiger partial charge in [0.2, 0.25) is 10.0 Å². The van der Waals surface area contributed by atoms with Crippen LogP contribution >= 0.6 is 11.6 Å². The summed E-state index contributed by atoms with van der Waals surface area (Å²) in [6, 6.07) is 10.2. The molecule has 0 aromatic heterocycles. The summed E-state index contributed by atoms with van der Waals surface area (Å²) in [5.41, 5.74) is 0.499. The smallest absolute Gasteiger partial charge is 0.271 e. The second-order valence-electron chi connectivity index (χ2n) is 5.10. The van der Waals surface area contributed by atoms with E-state index in [2.05, 4.69) is 0 Å². The van der Waals surface area contributed by atoms with E-state index in [0.717, 1.165) is 4.31 Å². The molecule has 0 aliphatic heterocycles. The molecule has 128 valence electrons. The lowest BCUT2D eigenvalue weighted by molar-refractivity contribution is -0.384. The first-order chi connectivity index (χ1) is 11.2. The van der Waals surface area contributed by atoms with E-state index in [1.165, 1.54) is 44.4 Å². The standard InChI is InChI=1S/C15H15ClN2O5S/c1-17(2)24(21,22)13-5-3-4-11(8-13)10-23-15-7-6-12(18(19)20)9-14(15)16/h3-9H,10H2,1-2H3. The zero-order chi connectivity index (χ0) is 17.9. The second kappa shape index (κ2) is 7.16. The molecule has 0 unspecified atom stereocenters. The lowest BCUT2D eigenvalue weighted by atomic mass is 10.2. The fourth-order valence-electron chi connectivity index (χ4n) is 1.89. The molecule has 24 heavy (non-hydrogen) atoms. The fourth-order valence-corrected chi connectivity index (χ4v) is 3.09. The molecule has 9 heteroatoms. The molecule has 0 bridgehead atoms. The van der Waals surface area contributed by atoms with Crippen LogP contribution in [-0.4, -0.2) is 31.7 Å². The Morgan fingerprint density at radius 2 is 1.92 bits per heavy atom. The first-order valence-corrected chi connectivity index (χ1v) is 8.62. The van der Waals surface area contributed by atoms with Gasteiger partial charge < -0.3 is 4.74 Å². The highest BCUT2D eigenvalue weighted by atomic mass is 35.5.